The van der Waals surface area contributed by atoms with Gasteiger partial charge in [0.25, 0.3) is 5.91 Å². The van der Waals surface area contributed by atoms with E-state index in [1.54, 1.807) is 12.1 Å². The third-order valence-electron chi connectivity index (χ3n) is 5.93. The Bertz CT molecular complexity index is 995. The van der Waals surface area contributed by atoms with Gasteiger partial charge in [-0.1, -0.05) is 82.0 Å². The molecule has 0 bridgehead atoms. The van der Waals surface area contributed by atoms with E-state index >= 15 is 0 Å². The summed E-state index contributed by atoms with van der Waals surface area (Å²) in [4.78, 5) is 24.0. The summed E-state index contributed by atoms with van der Waals surface area (Å²) in [5.74, 6) is 0.704. The van der Waals surface area contributed by atoms with E-state index in [1.807, 2.05) is 37.3 Å². The van der Waals surface area contributed by atoms with Crippen molar-refractivity contribution >= 4 is 29.6 Å². The number of carbonyl (C=O) groups excluding carboxylic acids is 2. The Morgan fingerprint density at radius 1 is 0.842 bits per heavy atom. The predicted octanol–water partition coefficient (Wildman–Crippen LogP) is 6.80. The van der Waals surface area contributed by atoms with Crippen molar-refractivity contribution in [3.63, 3.8) is 0 Å². The molecular formula is C30H42ClN3O4. The van der Waals surface area contributed by atoms with Gasteiger partial charge in [-0.15, -0.1) is 0 Å². The van der Waals surface area contributed by atoms with E-state index in [2.05, 4.69) is 22.8 Å². The average Bonchev–Trinajstić information content (AvgIpc) is 2.91. The molecule has 2 N–H and O–H groups in total. The Morgan fingerprint density at radius 2 is 1.53 bits per heavy atom. The highest BCUT2D eigenvalue weighted by Crippen LogP contribution is 2.29. The minimum Gasteiger partial charge on any atom is -0.490 e. The molecule has 8 heteroatoms. The molecule has 2 rings (SSSR count). The normalized spacial score (nSPS) is 10.9. The second-order valence-electron chi connectivity index (χ2n) is 9.20. The third kappa shape index (κ3) is 13.5. The van der Waals surface area contributed by atoms with Gasteiger partial charge in [0.05, 0.1) is 19.4 Å². The molecule has 0 aliphatic heterocycles. The van der Waals surface area contributed by atoms with Crippen molar-refractivity contribution in [2.24, 2.45) is 5.10 Å². The monoisotopic (exact) mass is 543 g/mol. The van der Waals surface area contributed by atoms with Crippen LogP contribution in [-0.4, -0.2) is 31.2 Å². The van der Waals surface area contributed by atoms with Crippen LogP contribution in [0.2, 0.25) is 5.02 Å². The number of nitrogens with one attached hydrogen (secondary N) is 2. The van der Waals surface area contributed by atoms with Crippen molar-refractivity contribution < 1.29 is 19.1 Å². The standard InChI is InChI=1S/C30H42ClN3O4/c1-3-5-6-7-8-9-10-11-12-13-29(35)32-22-30(36)34-33-21-25-16-19-27(28(20-25)37-4-2)38-23-24-14-17-26(31)18-15-24/h14-21H,3-13,22-23H2,1-2H3,(H,32,35)(H,34,36)/b33-21-. The summed E-state index contributed by atoms with van der Waals surface area (Å²) in [5.41, 5.74) is 4.17. The highest BCUT2D eigenvalue weighted by Gasteiger charge is 2.08. The van der Waals surface area contributed by atoms with Crippen molar-refractivity contribution in [1.82, 2.24) is 10.7 Å². The number of benzene rings is 2. The van der Waals surface area contributed by atoms with E-state index in [0.717, 1.165) is 30.4 Å². The van der Waals surface area contributed by atoms with E-state index < -0.39 is 0 Å². The molecule has 0 saturated carbocycles. The molecule has 208 valence electrons. The minimum absolute atomic E-state index is 0.102. The van der Waals surface area contributed by atoms with Crippen LogP contribution in [0.1, 0.15) is 89.2 Å². The zero-order valence-corrected chi connectivity index (χ0v) is 23.5. The first-order valence-corrected chi connectivity index (χ1v) is 14.1. The molecule has 0 aliphatic rings. The first kappa shape index (κ1) is 31.2. The van der Waals surface area contributed by atoms with Crippen molar-refractivity contribution in [2.45, 2.75) is 84.7 Å². The molecule has 0 heterocycles. The number of amides is 2. The van der Waals surface area contributed by atoms with E-state index in [1.165, 1.54) is 44.7 Å². The van der Waals surface area contributed by atoms with Gasteiger partial charge in [-0.25, -0.2) is 5.43 Å². The maximum atomic E-state index is 12.0. The first-order chi connectivity index (χ1) is 18.5. The van der Waals surface area contributed by atoms with Gasteiger partial charge in [-0.05, 0) is 54.8 Å². The summed E-state index contributed by atoms with van der Waals surface area (Å²) in [6.45, 7) is 4.88. The molecule has 0 spiro atoms. The highest BCUT2D eigenvalue weighted by atomic mass is 35.5. The van der Waals surface area contributed by atoms with Crippen LogP contribution in [0.15, 0.2) is 47.6 Å². The number of carbonyl (C=O) groups is 2. The lowest BCUT2D eigenvalue weighted by Gasteiger charge is -2.12. The van der Waals surface area contributed by atoms with E-state index in [4.69, 9.17) is 21.1 Å². The SMILES string of the molecule is CCCCCCCCCCCC(=O)NCC(=O)N/N=C\c1ccc(OCc2ccc(Cl)cc2)c(OCC)c1. The summed E-state index contributed by atoms with van der Waals surface area (Å²) in [5, 5.41) is 7.32. The molecule has 7 nitrogen and oxygen atoms in total. The molecule has 0 fully saturated rings. The van der Waals surface area contributed by atoms with Gasteiger partial charge in [-0.3, -0.25) is 9.59 Å². The van der Waals surface area contributed by atoms with Gasteiger partial charge in [0.15, 0.2) is 11.5 Å². The Kier molecular flexibility index (Phi) is 15.6. The quantitative estimate of drug-likeness (QED) is 0.116. The fourth-order valence-corrected chi connectivity index (χ4v) is 3.94. The first-order valence-electron chi connectivity index (χ1n) is 13.7. The third-order valence-corrected chi connectivity index (χ3v) is 6.18. The molecule has 0 aliphatic carbocycles. The zero-order valence-electron chi connectivity index (χ0n) is 22.8. The van der Waals surface area contributed by atoms with Crippen molar-refractivity contribution in [1.29, 1.82) is 0 Å². The average molecular weight is 544 g/mol. The Balaban J connectivity index is 1.67. The summed E-state index contributed by atoms with van der Waals surface area (Å²) in [6.07, 6.45) is 12.8. The lowest BCUT2D eigenvalue weighted by molar-refractivity contribution is -0.126. The predicted molar refractivity (Wildman–Crippen MR) is 154 cm³/mol. The summed E-state index contributed by atoms with van der Waals surface area (Å²) in [6, 6.07) is 12.9. The van der Waals surface area contributed by atoms with E-state index in [0.29, 0.717) is 36.2 Å². The molecule has 0 radical (unpaired) electrons. The van der Waals surface area contributed by atoms with Crippen LogP contribution in [-0.2, 0) is 16.2 Å². The Morgan fingerprint density at radius 3 is 2.21 bits per heavy atom. The molecule has 2 aromatic rings. The minimum atomic E-state index is -0.380. The van der Waals surface area contributed by atoms with Crippen LogP contribution in [0.4, 0.5) is 0 Å². The number of halogens is 1. The van der Waals surface area contributed by atoms with Crippen molar-refractivity contribution in [3.05, 3.63) is 58.6 Å². The van der Waals surface area contributed by atoms with Gasteiger partial charge >= 0.3 is 0 Å². The van der Waals surface area contributed by atoms with E-state index in [9.17, 15) is 9.59 Å². The van der Waals surface area contributed by atoms with Crippen LogP contribution in [0.25, 0.3) is 0 Å². The number of unbranched alkanes of at least 4 members (excludes halogenated alkanes) is 8. The highest BCUT2D eigenvalue weighted by molar-refractivity contribution is 6.30. The van der Waals surface area contributed by atoms with Crippen LogP contribution < -0.4 is 20.2 Å². The van der Waals surface area contributed by atoms with Crippen molar-refractivity contribution in [2.75, 3.05) is 13.2 Å². The number of hydrogen-bond donors (Lipinski definition) is 2. The second kappa shape index (κ2) is 19.1. The maximum Gasteiger partial charge on any atom is 0.259 e. The molecule has 0 aromatic heterocycles. The number of rotatable bonds is 19. The second-order valence-corrected chi connectivity index (χ2v) is 9.64. The van der Waals surface area contributed by atoms with Crippen molar-refractivity contribution in [3.8, 4) is 11.5 Å². The van der Waals surface area contributed by atoms with Gasteiger partial charge < -0.3 is 14.8 Å². The van der Waals surface area contributed by atoms with Gasteiger partial charge in [0, 0.05) is 11.4 Å². The fraction of sp³-hybridized carbons (Fsp3) is 0.500. The van der Waals surface area contributed by atoms with Crippen LogP contribution in [0.5, 0.6) is 11.5 Å². The van der Waals surface area contributed by atoms with Gasteiger partial charge in [0.1, 0.15) is 6.61 Å². The van der Waals surface area contributed by atoms with Gasteiger partial charge in [-0.2, -0.15) is 5.10 Å². The Labute approximate surface area is 232 Å². The molecule has 0 unspecified atom stereocenters. The Hall–Kier alpha value is -3.06. The van der Waals surface area contributed by atoms with Crippen LogP contribution in [0.3, 0.4) is 0 Å². The molecular weight excluding hydrogens is 502 g/mol. The number of hydrogen-bond acceptors (Lipinski definition) is 5. The lowest BCUT2D eigenvalue weighted by atomic mass is 10.1. The number of nitrogens with zero attached hydrogens (tertiary/aromatic N) is 1. The van der Waals surface area contributed by atoms with Crippen LogP contribution >= 0.6 is 11.6 Å². The molecule has 0 atom stereocenters. The van der Waals surface area contributed by atoms with Crippen LogP contribution in [0, 0.1) is 0 Å². The topological polar surface area (TPSA) is 89.0 Å². The number of hydrazone groups is 1. The smallest absolute Gasteiger partial charge is 0.259 e. The fourth-order valence-electron chi connectivity index (χ4n) is 3.82. The zero-order chi connectivity index (χ0) is 27.4. The van der Waals surface area contributed by atoms with E-state index in [-0.39, 0.29) is 18.4 Å². The summed E-state index contributed by atoms with van der Waals surface area (Å²) >= 11 is 5.93. The summed E-state index contributed by atoms with van der Waals surface area (Å²) < 4.78 is 11.6. The maximum absolute atomic E-state index is 12.0. The molecule has 38 heavy (non-hydrogen) atoms. The van der Waals surface area contributed by atoms with Gasteiger partial charge in [0.2, 0.25) is 5.91 Å². The molecule has 2 aromatic carbocycles. The largest absolute Gasteiger partial charge is 0.490 e. The molecule has 0 saturated heterocycles. The molecule has 2 amide bonds. The number of ether oxygens (including phenoxy) is 2. The lowest BCUT2D eigenvalue weighted by Crippen LogP contribution is -2.34. The summed E-state index contributed by atoms with van der Waals surface area (Å²) in [7, 11) is 0.